The quantitative estimate of drug-likeness (QED) is 0.779. The number of hydroxylamine groups is 2. The van der Waals surface area contributed by atoms with E-state index in [0.717, 1.165) is 0 Å². The van der Waals surface area contributed by atoms with Crippen molar-refractivity contribution in [1.29, 1.82) is 0 Å². The van der Waals surface area contributed by atoms with Crippen LogP contribution in [0.1, 0.15) is 41.0 Å². The van der Waals surface area contributed by atoms with Gasteiger partial charge in [-0.05, 0) is 18.1 Å². The highest BCUT2D eigenvalue weighted by Crippen LogP contribution is 2.23. The van der Waals surface area contributed by atoms with Crippen LogP contribution in [0, 0.1) is 5.92 Å². The number of nitrogens with two attached hydrogens (primary N) is 1. The highest BCUT2D eigenvalue weighted by atomic mass is 16.7. The second-order valence-corrected chi connectivity index (χ2v) is 5.23. The first-order valence-corrected chi connectivity index (χ1v) is 7.12. The molecule has 0 saturated heterocycles. The third kappa shape index (κ3) is 3.15. The van der Waals surface area contributed by atoms with Gasteiger partial charge in [0.05, 0.1) is 11.1 Å². The van der Waals surface area contributed by atoms with Gasteiger partial charge in [-0.1, -0.05) is 37.5 Å². The van der Waals surface area contributed by atoms with Gasteiger partial charge in [-0.25, -0.2) is 9.59 Å². The summed E-state index contributed by atoms with van der Waals surface area (Å²) in [5.74, 6) is -2.65. The summed E-state index contributed by atoms with van der Waals surface area (Å²) in [5.41, 5.74) is 5.37. The Morgan fingerprint density at radius 3 is 2.17 bits per heavy atom. The highest BCUT2D eigenvalue weighted by Gasteiger charge is 2.40. The van der Waals surface area contributed by atoms with E-state index in [4.69, 9.17) is 10.6 Å². The Labute approximate surface area is 132 Å². The van der Waals surface area contributed by atoms with Crippen molar-refractivity contribution < 1.29 is 24.0 Å². The van der Waals surface area contributed by atoms with Crippen molar-refractivity contribution in [2.75, 3.05) is 0 Å². The van der Waals surface area contributed by atoms with Crippen LogP contribution in [0.25, 0.3) is 0 Å². The van der Waals surface area contributed by atoms with Crippen LogP contribution in [-0.2, 0) is 9.63 Å². The molecule has 8 nitrogen and oxygen atoms in total. The van der Waals surface area contributed by atoms with E-state index >= 15 is 0 Å². The van der Waals surface area contributed by atoms with Crippen LogP contribution in [0.15, 0.2) is 24.3 Å². The van der Waals surface area contributed by atoms with E-state index in [0.29, 0.717) is 11.5 Å². The summed E-state index contributed by atoms with van der Waals surface area (Å²) < 4.78 is 0. The number of benzene rings is 1. The number of primary amides is 1. The van der Waals surface area contributed by atoms with E-state index in [9.17, 15) is 19.2 Å². The van der Waals surface area contributed by atoms with E-state index < -0.39 is 29.9 Å². The number of urea groups is 1. The third-order valence-electron chi connectivity index (χ3n) is 3.70. The van der Waals surface area contributed by atoms with E-state index in [1.54, 1.807) is 19.1 Å². The monoisotopic (exact) mass is 319 g/mol. The number of nitrogens with zero attached hydrogens (tertiary/aromatic N) is 1. The zero-order valence-electron chi connectivity index (χ0n) is 12.7. The summed E-state index contributed by atoms with van der Waals surface area (Å²) in [5, 5.41) is 2.68. The molecule has 1 aromatic rings. The number of nitrogens with one attached hydrogen (secondary N) is 1. The molecule has 3 N–H and O–H groups in total. The summed E-state index contributed by atoms with van der Waals surface area (Å²) in [6.45, 7) is 3.53. The van der Waals surface area contributed by atoms with Gasteiger partial charge in [0.2, 0.25) is 0 Å². The molecule has 2 atom stereocenters. The van der Waals surface area contributed by atoms with Gasteiger partial charge in [-0.3, -0.25) is 9.59 Å². The summed E-state index contributed by atoms with van der Waals surface area (Å²) in [6, 6.07) is 4.20. The van der Waals surface area contributed by atoms with Gasteiger partial charge in [0.25, 0.3) is 11.8 Å². The van der Waals surface area contributed by atoms with Gasteiger partial charge >= 0.3 is 12.0 Å². The Bertz CT molecular complexity index is 638. The molecule has 1 aliphatic heterocycles. The summed E-state index contributed by atoms with van der Waals surface area (Å²) in [4.78, 5) is 52.5. The number of amides is 4. The number of rotatable bonds is 5. The lowest BCUT2D eigenvalue weighted by atomic mass is 9.99. The van der Waals surface area contributed by atoms with Gasteiger partial charge < -0.3 is 15.9 Å². The molecule has 2 unspecified atom stereocenters. The fourth-order valence-corrected chi connectivity index (χ4v) is 2.22. The number of hydrogen-bond acceptors (Lipinski definition) is 5. The molecule has 122 valence electrons. The maximum Gasteiger partial charge on any atom is 0.355 e. The lowest BCUT2D eigenvalue weighted by Crippen LogP contribution is -2.50. The second-order valence-electron chi connectivity index (χ2n) is 5.23. The molecule has 1 aromatic carbocycles. The summed E-state index contributed by atoms with van der Waals surface area (Å²) in [6.07, 6.45) is 0.558. The maximum atomic E-state index is 12.2. The SMILES string of the molecule is CCC(C)C(NC(N)=O)C(=O)ON1C(=O)c2ccccc2C1=O. The molecule has 0 bridgehead atoms. The molecule has 0 saturated carbocycles. The van der Waals surface area contributed by atoms with Crippen LogP contribution in [0.5, 0.6) is 0 Å². The number of carbonyl (C=O) groups is 4. The Morgan fingerprint density at radius 2 is 1.74 bits per heavy atom. The molecule has 1 aliphatic rings. The third-order valence-corrected chi connectivity index (χ3v) is 3.70. The number of imide groups is 1. The van der Waals surface area contributed by atoms with Crippen molar-refractivity contribution in [2.45, 2.75) is 26.3 Å². The predicted octanol–water partition coefficient (Wildman–Crippen LogP) is 0.824. The fraction of sp³-hybridized carbons (Fsp3) is 0.333. The second kappa shape index (κ2) is 6.47. The van der Waals surface area contributed by atoms with E-state index in [-0.39, 0.29) is 17.0 Å². The average Bonchev–Trinajstić information content (AvgIpc) is 2.77. The van der Waals surface area contributed by atoms with Gasteiger partial charge in [0, 0.05) is 0 Å². The van der Waals surface area contributed by atoms with Gasteiger partial charge in [-0.15, -0.1) is 0 Å². The number of fused-ring (bicyclic) bond motifs is 1. The minimum absolute atomic E-state index is 0.160. The van der Waals surface area contributed by atoms with Gasteiger partial charge in [0.1, 0.15) is 6.04 Å². The van der Waals surface area contributed by atoms with Crippen LogP contribution >= 0.6 is 0 Å². The minimum Gasteiger partial charge on any atom is -0.352 e. The van der Waals surface area contributed by atoms with E-state index in [1.807, 2.05) is 6.92 Å². The maximum absolute atomic E-state index is 12.2. The Hall–Kier alpha value is -2.90. The molecule has 1 heterocycles. The van der Waals surface area contributed by atoms with E-state index in [2.05, 4.69) is 5.32 Å². The number of carbonyl (C=O) groups excluding carboxylic acids is 4. The first kappa shape index (κ1) is 16.5. The van der Waals surface area contributed by atoms with Crippen molar-refractivity contribution in [1.82, 2.24) is 10.4 Å². The van der Waals surface area contributed by atoms with Crippen molar-refractivity contribution in [2.24, 2.45) is 11.7 Å². The normalized spacial score (nSPS) is 15.8. The molecule has 0 radical (unpaired) electrons. The topological polar surface area (TPSA) is 119 Å². The summed E-state index contributed by atoms with van der Waals surface area (Å²) in [7, 11) is 0. The molecule has 4 amide bonds. The summed E-state index contributed by atoms with van der Waals surface area (Å²) >= 11 is 0. The Morgan fingerprint density at radius 1 is 1.22 bits per heavy atom. The zero-order valence-corrected chi connectivity index (χ0v) is 12.7. The van der Waals surface area contributed by atoms with Crippen LogP contribution in [0.2, 0.25) is 0 Å². The van der Waals surface area contributed by atoms with Gasteiger partial charge in [0.15, 0.2) is 0 Å². The van der Waals surface area contributed by atoms with Crippen molar-refractivity contribution >= 4 is 23.8 Å². The molecule has 0 aromatic heterocycles. The van der Waals surface area contributed by atoms with Crippen LogP contribution in [0.4, 0.5) is 4.79 Å². The standard InChI is InChI=1S/C15H17N3O5/c1-3-8(2)11(17-15(16)22)14(21)23-18-12(19)9-6-4-5-7-10(9)13(18)20/h4-8,11H,3H2,1-2H3,(H3,16,17,22). The molecule has 0 fully saturated rings. The lowest BCUT2D eigenvalue weighted by molar-refractivity contribution is -0.172. The molecule has 8 heteroatoms. The molecular formula is C15H17N3O5. The molecule has 0 aliphatic carbocycles. The van der Waals surface area contributed by atoms with E-state index in [1.165, 1.54) is 12.1 Å². The molecule has 23 heavy (non-hydrogen) atoms. The van der Waals surface area contributed by atoms with Crippen molar-refractivity contribution in [3.63, 3.8) is 0 Å². The lowest BCUT2D eigenvalue weighted by Gasteiger charge is -2.23. The minimum atomic E-state index is -1.05. The largest absolute Gasteiger partial charge is 0.355 e. The smallest absolute Gasteiger partial charge is 0.352 e. The predicted molar refractivity (Wildman–Crippen MR) is 79.0 cm³/mol. The van der Waals surface area contributed by atoms with Crippen LogP contribution in [0.3, 0.4) is 0 Å². The molecular weight excluding hydrogens is 302 g/mol. The molecule has 0 spiro atoms. The number of hydrogen-bond donors (Lipinski definition) is 2. The van der Waals surface area contributed by atoms with Gasteiger partial charge in [-0.2, -0.15) is 0 Å². The fourth-order valence-electron chi connectivity index (χ4n) is 2.22. The first-order chi connectivity index (χ1) is 10.9. The first-order valence-electron chi connectivity index (χ1n) is 7.12. The highest BCUT2D eigenvalue weighted by molar-refractivity contribution is 6.20. The van der Waals surface area contributed by atoms with Crippen LogP contribution < -0.4 is 11.1 Å². The Kier molecular flexibility index (Phi) is 4.63. The average molecular weight is 319 g/mol. The van der Waals surface area contributed by atoms with Crippen LogP contribution in [-0.4, -0.2) is 34.9 Å². The van der Waals surface area contributed by atoms with Crippen molar-refractivity contribution in [3.05, 3.63) is 35.4 Å². The van der Waals surface area contributed by atoms with Crippen molar-refractivity contribution in [3.8, 4) is 0 Å². The molecule has 2 rings (SSSR count). The Balaban J connectivity index is 2.18. The zero-order chi connectivity index (χ0) is 17.1.